The van der Waals surface area contributed by atoms with Crippen LogP contribution in [-0.2, 0) is 0 Å². The lowest BCUT2D eigenvalue weighted by molar-refractivity contribution is 0.668. The standard InChI is InChI=1S/C72H49N3S.C66H43N3O2S/c1-5-26-56(27-6-1)73(57-28-7-2-8-29-57)60-34-19-24-50(45-60)51-25-20-35-61(46-51)74(58-30-9-3-10-31-58)68-48-55(44-53-22-14-16-37-63(53)68)52-42-43-66-71(49-52)76-70-41-21-40-67(72(66)70)75(59-32-11-4-12-33-59)69-47-54-23-13-15-36-62(54)64-38-17-18-39-65(64)69;1-4-19-46(20-5-1)68(47-21-6-2-7-22-47)58-31-17-35-63-65(58)56-38-36-45(41-64(56)72-63)44-18-14-25-49(40-44)67(52-37-39-62-57(43-52)54-29-11-12-33-60(54)70-62)50-26-15-27-51(42-50)69(48-23-8-3-9-24-48)59-32-16-30-55-53-28-10-13-34-61(53)71-66(55)59/h1-49H;1-43H. The Morgan fingerprint density at radius 3 is 0.986 bits per heavy atom. The predicted octanol–water partition coefficient (Wildman–Crippen LogP) is 41.2. The summed E-state index contributed by atoms with van der Waals surface area (Å²) in [6.07, 6.45) is 0. The molecule has 8 nitrogen and oxygen atoms in total. The van der Waals surface area contributed by atoms with Gasteiger partial charge in [-0.2, -0.15) is 0 Å². The van der Waals surface area contributed by atoms with Crippen molar-refractivity contribution in [2.45, 2.75) is 0 Å². The SMILES string of the molecule is c1ccc(N(c2cccc(N(c3cccc(-c4ccc5c(c4)sc4cccc(N(c6ccccc6)c6ccccc6)c45)c3)c3ccc4oc5ccccc5c4c3)c2)c2cccc3c2oc2ccccc23)cc1.c1ccc(N(c2ccccc2)c2cccc(-c3cccc(N(c4ccccc4)c4cc(-c5ccc6c(c5)sc5cccc(N(c7ccccc7)c7cc8ccccc8c8ccccc78)c56)cc5ccccc45)c3)c2)cc1. The van der Waals surface area contributed by atoms with E-state index in [0.29, 0.717) is 0 Å². The third-order valence-electron chi connectivity index (χ3n) is 28.5. The molecule has 0 N–H and O–H groups in total. The highest BCUT2D eigenvalue weighted by molar-refractivity contribution is 7.26. The number of rotatable bonds is 21. The van der Waals surface area contributed by atoms with Crippen LogP contribution in [0.15, 0.2) is 567 Å². The molecule has 28 aromatic rings. The highest BCUT2D eigenvalue weighted by Gasteiger charge is 2.29. The van der Waals surface area contributed by atoms with Gasteiger partial charge in [0, 0.05) is 147 Å². The van der Waals surface area contributed by atoms with Gasteiger partial charge in [0.1, 0.15) is 16.7 Å². The number of anilines is 18. The lowest BCUT2D eigenvalue weighted by Crippen LogP contribution is -2.13. The van der Waals surface area contributed by atoms with Crippen molar-refractivity contribution in [3.05, 3.63) is 558 Å². The van der Waals surface area contributed by atoms with E-state index in [0.717, 1.165) is 174 Å². The molecular weight excluding hydrogens is 1840 g/mol. The largest absolute Gasteiger partial charge is 0.456 e. The quantitative estimate of drug-likeness (QED) is 0.0660. The van der Waals surface area contributed by atoms with E-state index in [2.05, 4.69) is 563 Å². The lowest BCUT2D eigenvalue weighted by atomic mass is 9.97. The normalized spacial score (nSPS) is 11.5. The third-order valence-corrected chi connectivity index (χ3v) is 30.7. The molecule has 0 fully saturated rings. The third kappa shape index (κ3) is 16.2. The average Bonchev–Trinajstić information content (AvgIpc) is 1.52. The Morgan fingerprint density at radius 2 is 0.459 bits per heavy atom. The molecule has 28 rings (SSSR count). The summed E-state index contributed by atoms with van der Waals surface area (Å²) in [5.74, 6) is 0. The smallest absolute Gasteiger partial charge is 0.159 e. The van der Waals surface area contributed by atoms with Gasteiger partial charge in [-0.05, 0) is 285 Å². The van der Waals surface area contributed by atoms with Crippen molar-refractivity contribution >= 4 is 242 Å². The number of hydrogen-bond donors (Lipinski definition) is 0. The number of para-hydroxylation sites is 10. The van der Waals surface area contributed by atoms with Crippen LogP contribution in [0.2, 0.25) is 0 Å². The summed E-state index contributed by atoms with van der Waals surface area (Å²) in [6, 6.07) is 201. The van der Waals surface area contributed by atoms with Gasteiger partial charge in [0.2, 0.25) is 0 Å². The molecule has 148 heavy (non-hydrogen) atoms. The molecule has 0 bridgehead atoms. The Bertz CT molecular complexity index is 9790. The fourth-order valence-corrected chi connectivity index (χ4v) is 24.2. The van der Waals surface area contributed by atoms with E-state index in [1.807, 2.05) is 46.9 Å². The fraction of sp³-hybridized carbons (Fsp3) is 0. The Hall–Kier alpha value is -19.1. The van der Waals surface area contributed by atoms with Gasteiger partial charge in [0.05, 0.1) is 28.4 Å². The van der Waals surface area contributed by atoms with Crippen molar-refractivity contribution in [3.8, 4) is 33.4 Å². The monoisotopic (exact) mass is 1930 g/mol. The summed E-state index contributed by atoms with van der Waals surface area (Å²) < 4.78 is 18.0. The highest BCUT2D eigenvalue weighted by atomic mass is 32.1. The fourth-order valence-electron chi connectivity index (χ4n) is 21.8. The van der Waals surface area contributed by atoms with Crippen LogP contribution in [0.4, 0.5) is 102 Å². The molecular formula is C138H92N6O2S2. The van der Waals surface area contributed by atoms with Crippen LogP contribution in [-0.4, -0.2) is 0 Å². The van der Waals surface area contributed by atoms with Gasteiger partial charge in [-0.25, -0.2) is 0 Å². The first-order chi connectivity index (χ1) is 73.4. The minimum Gasteiger partial charge on any atom is -0.456 e. The first kappa shape index (κ1) is 87.9. The van der Waals surface area contributed by atoms with Gasteiger partial charge >= 0.3 is 0 Å². The van der Waals surface area contributed by atoms with Crippen molar-refractivity contribution in [2.75, 3.05) is 29.4 Å². The summed E-state index contributed by atoms with van der Waals surface area (Å²) in [5, 5.41) is 16.6. The zero-order chi connectivity index (χ0) is 97.9. The number of thiophene rings is 2. The van der Waals surface area contributed by atoms with Crippen LogP contribution >= 0.6 is 22.7 Å². The number of nitrogens with zero attached hydrogens (tertiary/aromatic N) is 6. The van der Waals surface area contributed by atoms with E-state index in [4.69, 9.17) is 8.83 Å². The van der Waals surface area contributed by atoms with Gasteiger partial charge in [-0.15, -0.1) is 22.7 Å². The van der Waals surface area contributed by atoms with Gasteiger partial charge < -0.3 is 38.2 Å². The summed E-state index contributed by atoms with van der Waals surface area (Å²) in [7, 11) is 0. The predicted molar refractivity (Wildman–Crippen MR) is 630 cm³/mol. The van der Waals surface area contributed by atoms with Crippen molar-refractivity contribution in [1.82, 2.24) is 0 Å². The lowest BCUT2D eigenvalue weighted by Gasteiger charge is -2.29. The Balaban J connectivity index is 0.000000146. The Kier molecular flexibility index (Phi) is 22.5. The minimum absolute atomic E-state index is 0.839. The van der Waals surface area contributed by atoms with Crippen molar-refractivity contribution < 1.29 is 8.83 Å². The molecule has 4 aromatic heterocycles. The van der Waals surface area contributed by atoms with E-state index < -0.39 is 0 Å². The first-order valence-electron chi connectivity index (χ1n) is 50.1. The number of fused-ring (bicyclic) bond motifs is 16. The zero-order valence-corrected chi connectivity index (χ0v) is 82.1. The second-order valence-electron chi connectivity index (χ2n) is 37.4. The minimum atomic E-state index is 0.839. The second kappa shape index (κ2) is 38.0. The van der Waals surface area contributed by atoms with Gasteiger partial charge in [0.25, 0.3) is 0 Å². The van der Waals surface area contributed by atoms with E-state index in [1.54, 1.807) is 0 Å². The maximum absolute atomic E-state index is 6.68. The molecule has 0 aliphatic rings. The maximum Gasteiger partial charge on any atom is 0.159 e. The van der Waals surface area contributed by atoms with E-state index in [9.17, 15) is 0 Å². The molecule has 10 heteroatoms. The Labute approximate surface area is 864 Å². The van der Waals surface area contributed by atoms with Crippen LogP contribution in [0.5, 0.6) is 0 Å². The molecule has 4 heterocycles. The maximum atomic E-state index is 6.68. The molecule has 0 atom stereocenters. The van der Waals surface area contributed by atoms with E-state index in [1.165, 1.54) is 78.2 Å². The molecule has 0 saturated carbocycles. The van der Waals surface area contributed by atoms with Crippen LogP contribution < -0.4 is 29.4 Å². The second-order valence-corrected chi connectivity index (χ2v) is 39.5. The molecule has 0 radical (unpaired) electrons. The summed E-state index contributed by atoms with van der Waals surface area (Å²) in [4.78, 5) is 14.3. The number of furan rings is 2. The molecule has 0 spiro atoms. The molecule has 0 saturated heterocycles. The first-order valence-corrected chi connectivity index (χ1v) is 51.8. The van der Waals surface area contributed by atoms with Crippen molar-refractivity contribution in [2.24, 2.45) is 0 Å². The van der Waals surface area contributed by atoms with Crippen molar-refractivity contribution in [1.29, 1.82) is 0 Å². The summed E-state index contributed by atoms with van der Waals surface area (Å²) in [6.45, 7) is 0. The van der Waals surface area contributed by atoms with Crippen LogP contribution in [0.3, 0.4) is 0 Å². The van der Waals surface area contributed by atoms with Crippen molar-refractivity contribution in [3.63, 3.8) is 0 Å². The molecule has 0 unspecified atom stereocenters. The van der Waals surface area contributed by atoms with Crippen LogP contribution in [0.1, 0.15) is 0 Å². The van der Waals surface area contributed by atoms with Gasteiger partial charge in [-0.3, -0.25) is 0 Å². The number of hydrogen-bond acceptors (Lipinski definition) is 10. The molecule has 0 aliphatic carbocycles. The topological polar surface area (TPSA) is 45.7 Å². The summed E-state index contributed by atoms with van der Waals surface area (Å²) in [5.41, 5.74) is 29.8. The molecule has 698 valence electrons. The summed E-state index contributed by atoms with van der Waals surface area (Å²) >= 11 is 3.71. The molecule has 24 aromatic carbocycles. The highest BCUT2D eigenvalue weighted by Crippen LogP contribution is 2.54. The van der Waals surface area contributed by atoms with E-state index in [-0.39, 0.29) is 0 Å². The molecule has 0 aliphatic heterocycles. The van der Waals surface area contributed by atoms with Crippen LogP contribution in [0, 0.1) is 0 Å². The van der Waals surface area contributed by atoms with Gasteiger partial charge in [0.15, 0.2) is 5.58 Å². The number of benzene rings is 24. The zero-order valence-electron chi connectivity index (χ0n) is 80.4. The Morgan fingerprint density at radius 1 is 0.135 bits per heavy atom. The average molecular weight is 1930 g/mol. The van der Waals surface area contributed by atoms with Crippen LogP contribution in [0.25, 0.3) is 150 Å². The molecule has 0 amide bonds. The van der Waals surface area contributed by atoms with E-state index >= 15 is 0 Å². The van der Waals surface area contributed by atoms with Gasteiger partial charge in [-0.1, -0.05) is 328 Å².